The maximum atomic E-state index is 14.5. The van der Waals surface area contributed by atoms with E-state index in [1.165, 1.54) is 27.8 Å². The normalized spacial score (nSPS) is 17.7. The average molecular weight is 497 g/mol. The highest BCUT2D eigenvalue weighted by atomic mass is 19.1. The predicted molar refractivity (Wildman–Crippen MR) is 126 cm³/mol. The molecule has 1 atom stereocenters. The summed E-state index contributed by atoms with van der Waals surface area (Å²) >= 11 is 0. The summed E-state index contributed by atoms with van der Waals surface area (Å²) in [5.74, 6) is -1.89. The third kappa shape index (κ3) is 4.41. The van der Waals surface area contributed by atoms with E-state index in [1.54, 1.807) is 35.3 Å². The molecule has 0 bridgehead atoms. The van der Waals surface area contributed by atoms with Crippen LogP contribution in [0.4, 0.5) is 23.9 Å². The number of rotatable bonds is 3. The summed E-state index contributed by atoms with van der Waals surface area (Å²) in [7, 11) is 1.57. The summed E-state index contributed by atoms with van der Waals surface area (Å²) in [6, 6.07) is 5.33. The van der Waals surface area contributed by atoms with Crippen LogP contribution in [0.5, 0.6) is 0 Å². The Morgan fingerprint density at radius 2 is 1.78 bits per heavy atom. The molecule has 1 aromatic carbocycles. The molecule has 5 rings (SSSR count). The van der Waals surface area contributed by atoms with Crippen LogP contribution in [-0.4, -0.2) is 62.9 Å². The van der Waals surface area contributed by atoms with Crippen LogP contribution in [0.2, 0.25) is 0 Å². The van der Waals surface area contributed by atoms with E-state index < -0.39 is 23.5 Å². The highest BCUT2D eigenvalue weighted by Crippen LogP contribution is 2.30. The molecule has 186 valence electrons. The van der Waals surface area contributed by atoms with Crippen LogP contribution in [0.1, 0.15) is 18.0 Å². The van der Waals surface area contributed by atoms with Gasteiger partial charge in [0.2, 0.25) is 5.95 Å². The number of anilines is 1. The van der Waals surface area contributed by atoms with Crippen LogP contribution in [-0.2, 0) is 7.05 Å². The molecule has 0 radical (unpaired) electrons. The summed E-state index contributed by atoms with van der Waals surface area (Å²) in [5.41, 5.74) is -0.00962. The van der Waals surface area contributed by atoms with Gasteiger partial charge in [0, 0.05) is 58.1 Å². The number of hydrogen-bond donors (Lipinski definition) is 0. The first kappa shape index (κ1) is 23.5. The Balaban J connectivity index is 1.30. The smallest absolute Gasteiger partial charge is 0.337 e. The van der Waals surface area contributed by atoms with E-state index in [0.717, 1.165) is 12.3 Å². The van der Waals surface area contributed by atoms with Crippen LogP contribution >= 0.6 is 0 Å². The van der Waals surface area contributed by atoms with Gasteiger partial charge in [0.1, 0.15) is 17.3 Å². The molecular weight excluding hydrogens is 475 g/mol. The van der Waals surface area contributed by atoms with Gasteiger partial charge in [0.25, 0.3) is 5.56 Å². The third-order valence-corrected chi connectivity index (χ3v) is 6.24. The van der Waals surface area contributed by atoms with Gasteiger partial charge >= 0.3 is 6.03 Å². The number of hydrogen-bond acceptors (Lipinski definition) is 6. The summed E-state index contributed by atoms with van der Waals surface area (Å²) in [6.45, 7) is 1.33. The molecule has 36 heavy (non-hydrogen) atoms. The topological polar surface area (TPSA) is 86.9 Å². The van der Waals surface area contributed by atoms with Crippen LogP contribution in [0.25, 0.3) is 11.3 Å². The number of piperazine rings is 1. The lowest BCUT2D eigenvalue weighted by atomic mass is 10.0. The Morgan fingerprint density at radius 1 is 1.06 bits per heavy atom. The van der Waals surface area contributed by atoms with Crippen molar-refractivity contribution in [2.24, 2.45) is 12.1 Å². The Kier molecular flexibility index (Phi) is 6.17. The molecule has 12 heteroatoms. The fourth-order valence-corrected chi connectivity index (χ4v) is 4.36. The second-order valence-electron chi connectivity index (χ2n) is 8.56. The van der Waals surface area contributed by atoms with Crippen molar-refractivity contribution < 1.29 is 18.0 Å². The Hall–Kier alpha value is -4.22. The standard InChI is InChI=1S/C24H22F3N7O2/c1-31-6-2-3-18(22(31)35)21-19(27)14-28-23(30-21)32-7-9-33(10-8-32)24(36)34-20(4-5-29-34)15-11-16(25)13-17(26)12-15/h2-3,5-6,11-14,20H,4,7-10H2,1H3. The zero-order valence-corrected chi connectivity index (χ0v) is 19.3. The molecule has 2 aliphatic heterocycles. The highest BCUT2D eigenvalue weighted by Gasteiger charge is 2.34. The summed E-state index contributed by atoms with van der Waals surface area (Å²) < 4.78 is 43.3. The molecule has 1 unspecified atom stereocenters. The monoisotopic (exact) mass is 497 g/mol. The van der Waals surface area contributed by atoms with Gasteiger partial charge < -0.3 is 14.4 Å². The van der Waals surface area contributed by atoms with Crippen molar-refractivity contribution in [3.8, 4) is 11.3 Å². The van der Waals surface area contributed by atoms with Crippen LogP contribution < -0.4 is 10.5 Å². The van der Waals surface area contributed by atoms with Gasteiger partial charge in [-0.1, -0.05) is 0 Å². The number of halogens is 3. The van der Waals surface area contributed by atoms with E-state index in [0.29, 0.717) is 38.2 Å². The number of pyridine rings is 1. The van der Waals surface area contributed by atoms with E-state index in [-0.39, 0.29) is 28.8 Å². The molecule has 0 saturated carbocycles. The first-order chi connectivity index (χ1) is 17.3. The van der Waals surface area contributed by atoms with Gasteiger partial charge in [-0.15, -0.1) is 0 Å². The number of carbonyl (C=O) groups excluding carboxylic acids is 1. The lowest BCUT2D eigenvalue weighted by Gasteiger charge is -2.37. The van der Waals surface area contributed by atoms with Crippen molar-refractivity contribution in [3.05, 3.63) is 76.1 Å². The van der Waals surface area contributed by atoms with E-state index >= 15 is 0 Å². The number of urea groups is 1. The molecule has 9 nitrogen and oxygen atoms in total. The van der Waals surface area contributed by atoms with E-state index in [4.69, 9.17) is 0 Å². The number of aromatic nitrogens is 3. The minimum atomic E-state index is -0.718. The number of benzene rings is 1. The first-order valence-electron chi connectivity index (χ1n) is 11.3. The molecule has 3 aromatic rings. The second-order valence-corrected chi connectivity index (χ2v) is 8.56. The largest absolute Gasteiger partial charge is 0.341 e. The van der Waals surface area contributed by atoms with Gasteiger partial charge in [-0.25, -0.2) is 32.9 Å². The molecule has 0 aliphatic carbocycles. The van der Waals surface area contributed by atoms with Crippen LogP contribution in [0.15, 0.2) is 52.6 Å². The van der Waals surface area contributed by atoms with Crippen molar-refractivity contribution in [3.63, 3.8) is 0 Å². The Bertz CT molecular complexity index is 1380. The zero-order valence-electron chi connectivity index (χ0n) is 19.3. The fraction of sp³-hybridized carbons (Fsp3) is 0.292. The molecule has 2 amide bonds. The number of hydrazone groups is 1. The summed E-state index contributed by atoms with van der Waals surface area (Å²) in [6.07, 6.45) is 4.49. The maximum absolute atomic E-state index is 14.5. The number of nitrogens with zero attached hydrogens (tertiary/aromatic N) is 7. The predicted octanol–water partition coefficient (Wildman–Crippen LogP) is 2.93. The Labute approximate surface area is 204 Å². The maximum Gasteiger partial charge on any atom is 0.341 e. The number of aryl methyl sites for hydroxylation is 1. The molecule has 0 spiro atoms. The van der Waals surface area contributed by atoms with Crippen molar-refractivity contribution in [2.75, 3.05) is 31.1 Å². The molecule has 4 heterocycles. The van der Waals surface area contributed by atoms with Gasteiger partial charge in [-0.2, -0.15) is 5.10 Å². The minimum absolute atomic E-state index is 0.0868. The van der Waals surface area contributed by atoms with E-state index in [9.17, 15) is 22.8 Å². The highest BCUT2D eigenvalue weighted by molar-refractivity contribution is 5.78. The average Bonchev–Trinajstić information content (AvgIpc) is 3.35. The molecule has 2 aromatic heterocycles. The first-order valence-corrected chi connectivity index (χ1v) is 11.3. The lowest BCUT2D eigenvalue weighted by molar-refractivity contribution is 0.139. The third-order valence-electron chi connectivity index (χ3n) is 6.24. The molecule has 1 saturated heterocycles. The zero-order chi connectivity index (χ0) is 25.4. The van der Waals surface area contributed by atoms with Crippen LogP contribution in [0, 0.1) is 17.5 Å². The fourth-order valence-electron chi connectivity index (χ4n) is 4.36. The van der Waals surface area contributed by atoms with Crippen molar-refractivity contribution in [1.82, 2.24) is 24.4 Å². The number of carbonyl (C=O) groups is 1. The van der Waals surface area contributed by atoms with Crippen LogP contribution in [0.3, 0.4) is 0 Å². The van der Waals surface area contributed by atoms with Crippen molar-refractivity contribution in [1.29, 1.82) is 0 Å². The molecular formula is C24H22F3N7O2. The Morgan fingerprint density at radius 3 is 2.50 bits per heavy atom. The van der Waals surface area contributed by atoms with Crippen molar-refractivity contribution >= 4 is 18.2 Å². The molecule has 2 aliphatic rings. The number of amides is 2. The van der Waals surface area contributed by atoms with Gasteiger partial charge in [-0.3, -0.25) is 4.79 Å². The van der Waals surface area contributed by atoms with E-state index in [2.05, 4.69) is 15.1 Å². The lowest BCUT2D eigenvalue weighted by Crippen LogP contribution is -2.52. The van der Waals surface area contributed by atoms with Gasteiger partial charge in [0.15, 0.2) is 5.82 Å². The second kappa shape index (κ2) is 9.44. The van der Waals surface area contributed by atoms with E-state index in [1.807, 2.05) is 0 Å². The molecule has 1 fully saturated rings. The van der Waals surface area contributed by atoms with Crippen molar-refractivity contribution in [2.45, 2.75) is 12.5 Å². The summed E-state index contributed by atoms with van der Waals surface area (Å²) in [4.78, 5) is 37.4. The van der Waals surface area contributed by atoms with Gasteiger partial charge in [-0.05, 0) is 29.8 Å². The SMILES string of the molecule is Cn1cccc(-c2nc(N3CCN(C(=O)N4N=CCC4c4cc(F)cc(F)c4)CC3)ncc2F)c1=O. The molecule has 0 N–H and O–H groups in total. The summed E-state index contributed by atoms with van der Waals surface area (Å²) in [5, 5.41) is 5.37. The quantitative estimate of drug-likeness (QED) is 0.556. The van der Waals surface area contributed by atoms with Gasteiger partial charge in [0.05, 0.1) is 17.8 Å². The minimum Gasteiger partial charge on any atom is -0.337 e.